The minimum absolute atomic E-state index is 0.141. The normalized spacial score (nSPS) is 20.7. The fourth-order valence-corrected chi connectivity index (χ4v) is 3.56. The van der Waals surface area contributed by atoms with Gasteiger partial charge in [0.05, 0.1) is 5.02 Å². The van der Waals surface area contributed by atoms with Crippen LogP contribution in [0.4, 0.5) is 4.39 Å². The molecule has 0 saturated heterocycles. The lowest BCUT2D eigenvalue weighted by Gasteiger charge is -2.23. The fraction of sp³-hybridized carbons (Fsp3) is 0.333. The molecule has 0 aromatic heterocycles. The van der Waals surface area contributed by atoms with Crippen molar-refractivity contribution in [2.75, 3.05) is 0 Å². The summed E-state index contributed by atoms with van der Waals surface area (Å²) in [6, 6.07) is 11.9. The molecular formula is C21H22ClF. The van der Waals surface area contributed by atoms with Crippen molar-refractivity contribution in [3.8, 4) is 11.1 Å². The maximum Gasteiger partial charge on any atom is 0.146 e. The Morgan fingerprint density at radius 2 is 1.78 bits per heavy atom. The minimum Gasteiger partial charge on any atom is -0.205 e. The second-order valence-corrected chi connectivity index (χ2v) is 6.81. The molecule has 0 fully saturated rings. The highest BCUT2D eigenvalue weighted by Crippen LogP contribution is 2.38. The first-order chi connectivity index (χ1) is 11.1. The standard InChI is InChI=1S/C21H22ClF/c1-3-15-6-10-17(11-7-15)19-13-12-18(20(22)21(19)23)16-8-4-14(2)5-9-16/h4-6,8-10,12-13,15,17H,3,7,11H2,1-2H3. The monoisotopic (exact) mass is 328 g/mol. The van der Waals surface area contributed by atoms with Crippen molar-refractivity contribution in [2.45, 2.75) is 39.0 Å². The van der Waals surface area contributed by atoms with Gasteiger partial charge in [-0.15, -0.1) is 0 Å². The molecule has 2 aromatic rings. The predicted octanol–water partition coefficient (Wildman–Crippen LogP) is 6.91. The van der Waals surface area contributed by atoms with Crippen molar-refractivity contribution >= 4 is 11.6 Å². The van der Waals surface area contributed by atoms with Gasteiger partial charge in [0, 0.05) is 11.5 Å². The number of benzene rings is 2. The van der Waals surface area contributed by atoms with Crippen molar-refractivity contribution in [1.82, 2.24) is 0 Å². The van der Waals surface area contributed by atoms with Crippen LogP contribution in [0.2, 0.25) is 5.02 Å². The van der Waals surface area contributed by atoms with Crippen molar-refractivity contribution < 1.29 is 4.39 Å². The molecule has 1 aliphatic rings. The van der Waals surface area contributed by atoms with E-state index in [9.17, 15) is 4.39 Å². The number of halogens is 2. The van der Waals surface area contributed by atoms with Crippen LogP contribution in [0.5, 0.6) is 0 Å². The zero-order valence-electron chi connectivity index (χ0n) is 13.7. The van der Waals surface area contributed by atoms with E-state index < -0.39 is 0 Å². The third kappa shape index (κ3) is 3.35. The lowest BCUT2D eigenvalue weighted by molar-refractivity contribution is 0.488. The highest BCUT2D eigenvalue weighted by atomic mass is 35.5. The van der Waals surface area contributed by atoms with Crippen LogP contribution in [-0.2, 0) is 0 Å². The Kier molecular flexibility index (Phi) is 4.87. The van der Waals surface area contributed by atoms with Gasteiger partial charge in [-0.05, 0) is 43.2 Å². The second-order valence-electron chi connectivity index (χ2n) is 6.43. The van der Waals surface area contributed by atoms with E-state index in [-0.39, 0.29) is 16.8 Å². The highest BCUT2D eigenvalue weighted by molar-refractivity contribution is 6.33. The van der Waals surface area contributed by atoms with Crippen LogP contribution in [0.15, 0.2) is 48.6 Å². The summed E-state index contributed by atoms with van der Waals surface area (Å²) in [5, 5.41) is 0.234. The maximum absolute atomic E-state index is 14.8. The molecule has 0 bridgehead atoms. The lowest BCUT2D eigenvalue weighted by atomic mass is 9.83. The molecule has 0 aliphatic heterocycles. The molecule has 0 saturated carbocycles. The summed E-state index contributed by atoms with van der Waals surface area (Å²) in [5.41, 5.74) is 3.62. The molecule has 3 rings (SSSR count). The smallest absolute Gasteiger partial charge is 0.146 e. The van der Waals surface area contributed by atoms with Crippen LogP contribution in [0.3, 0.4) is 0 Å². The molecule has 1 aliphatic carbocycles. The number of hydrogen-bond acceptors (Lipinski definition) is 0. The van der Waals surface area contributed by atoms with Crippen LogP contribution in [-0.4, -0.2) is 0 Å². The van der Waals surface area contributed by atoms with Crippen molar-refractivity contribution in [2.24, 2.45) is 5.92 Å². The Hall–Kier alpha value is -1.60. The Morgan fingerprint density at radius 1 is 1.04 bits per heavy atom. The van der Waals surface area contributed by atoms with E-state index in [0.29, 0.717) is 5.92 Å². The van der Waals surface area contributed by atoms with Crippen LogP contribution in [0.1, 0.15) is 43.2 Å². The molecule has 2 heteroatoms. The summed E-state index contributed by atoms with van der Waals surface area (Å²) in [7, 11) is 0. The quantitative estimate of drug-likeness (QED) is 0.537. The van der Waals surface area contributed by atoms with Gasteiger partial charge in [-0.25, -0.2) is 4.39 Å². The van der Waals surface area contributed by atoms with Gasteiger partial charge in [0.15, 0.2) is 0 Å². The first-order valence-electron chi connectivity index (χ1n) is 8.33. The van der Waals surface area contributed by atoms with Crippen LogP contribution < -0.4 is 0 Å². The Labute approximate surface area is 143 Å². The maximum atomic E-state index is 14.8. The second kappa shape index (κ2) is 6.88. The van der Waals surface area contributed by atoms with E-state index >= 15 is 0 Å². The average molecular weight is 329 g/mol. The van der Waals surface area contributed by atoms with E-state index in [2.05, 4.69) is 19.1 Å². The lowest BCUT2D eigenvalue weighted by Crippen LogP contribution is -2.08. The highest BCUT2D eigenvalue weighted by Gasteiger charge is 2.21. The molecule has 0 heterocycles. The first-order valence-corrected chi connectivity index (χ1v) is 8.71. The topological polar surface area (TPSA) is 0 Å². The molecule has 2 aromatic carbocycles. The van der Waals surface area contributed by atoms with Crippen molar-refractivity contribution in [3.63, 3.8) is 0 Å². The van der Waals surface area contributed by atoms with Crippen LogP contribution in [0, 0.1) is 18.7 Å². The molecule has 2 atom stereocenters. The third-order valence-electron chi connectivity index (χ3n) is 4.86. The summed E-state index contributed by atoms with van der Waals surface area (Å²) < 4.78 is 14.8. The zero-order valence-corrected chi connectivity index (χ0v) is 14.4. The summed E-state index contributed by atoms with van der Waals surface area (Å²) >= 11 is 6.35. The summed E-state index contributed by atoms with van der Waals surface area (Å²) in [5.74, 6) is 0.508. The summed E-state index contributed by atoms with van der Waals surface area (Å²) in [4.78, 5) is 0. The van der Waals surface area contributed by atoms with Crippen molar-refractivity contribution in [3.05, 3.63) is 70.5 Å². The molecule has 0 nitrogen and oxygen atoms in total. The van der Waals surface area contributed by atoms with E-state index in [0.717, 1.165) is 36.0 Å². The molecule has 0 radical (unpaired) electrons. The fourth-order valence-electron chi connectivity index (χ4n) is 3.28. The molecule has 0 N–H and O–H groups in total. The van der Waals surface area contributed by atoms with Gasteiger partial charge in [0.2, 0.25) is 0 Å². The molecule has 120 valence electrons. The largest absolute Gasteiger partial charge is 0.205 e. The summed E-state index contributed by atoms with van der Waals surface area (Å²) in [6.45, 7) is 4.23. The first kappa shape index (κ1) is 16.3. The van der Waals surface area contributed by atoms with E-state index in [1.54, 1.807) is 0 Å². The van der Waals surface area contributed by atoms with E-state index in [1.165, 1.54) is 5.56 Å². The Morgan fingerprint density at radius 3 is 2.39 bits per heavy atom. The number of aryl methyl sites for hydroxylation is 1. The molecule has 0 spiro atoms. The minimum atomic E-state index is -0.269. The zero-order chi connectivity index (χ0) is 16.4. The van der Waals surface area contributed by atoms with Gasteiger partial charge >= 0.3 is 0 Å². The SMILES string of the molecule is CCC1C=CC(c2ccc(-c3ccc(C)cc3)c(Cl)c2F)CC1. The van der Waals surface area contributed by atoms with Gasteiger partial charge in [-0.2, -0.15) is 0 Å². The van der Waals surface area contributed by atoms with Gasteiger partial charge in [0.1, 0.15) is 5.82 Å². The number of hydrogen-bond donors (Lipinski definition) is 0. The molecule has 0 amide bonds. The van der Waals surface area contributed by atoms with Gasteiger partial charge in [-0.1, -0.05) is 72.6 Å². The van der Waals surface area contributed by atoms with Crippen LogP contribution >= 0.6 is 11.6 Å². The van der Waals surface area contributed by atoms with E-state index in [4.69, 9.17) is 11.6 Å². The van der Waals surface area contributed by atoms with Crippen molar-refractivity contribution in [1.29, 1.82) is 0 Å². The number of allylic oxidation sites excluding steroid dienone is 2. The molecule has 2 unspecified atom stereocenters. The van der Waals surface area contributed by atoms with Crippen LogP contribution in [0.25, 0.3) is 11.1 Å². The predicted molar refractivity (Wildman–Crippen MR) is 96.5 cm³/mol. The summed E-state index contributed by atoms with van der Waals surface area (Å²) in [6.07, 6.45) is 7.65. The van der Waals surface area contributed by atoms with Gasteiger partial charge in [-0.3, -0.25) is 0 Å². The Bertz CT molecular complexity index is 715. The molecule has 23 heavy (non-hydrogen) atoms. The van der Waals surface area contributed by atoms with Gasteiger partial charge in [0.25, 0.3) is 0 Å². The van der Waals surface area contributed by atoms with Gasteiger partial charge < -0.3 is 0 Å². The average Bonchev–Trinajstić information content (AvgIpc) is 2.58. The number of rotatable bonds is 3. The Balaban J connectivity index is 1.93. The third-order valence-corrected chi connectivity index (χ3v) is 5.23. The molecular weight excluding hydrogens is 307 g/mol. The van der Waals surface area contributed by atoms with E-state index in [1.807, 2.05) is 43.3 Å².